The van der Waals surface area contributed by atoms with Crippen LogP contribution in [-0.2, 0) is 0 Å². The first kappa shape index (κ1) is 19.6. The molecule has 0 unspecified atom stereocenters. The molecule has 1 N–H and O–H groups in total. The Bertz CT molecular complexity index is 1230. The van der Waals surface area contributed by atoms with Gasteiger partial charge < -0.3 is 5.32 Å². The number of anilines is 1. The van der Waals surface area contributed by atoms with E-state index in [0.29, 0.717) is 5.82 Å². The third kappa shape index (κ3) is 3.62. The average Bonchev–Trinajstić information content (AvgIpc) is 3.19. The Kier molecular flexibility index (Phi) is 5.19. The van der Waals surface area contributed by atoms with Gasteiger partial charge in [-0.3, -0.25) is 4.79 Å². The average molecular weight is 396 g/mol. The molecule has 150 valence electrons. The molecule has 1 aromatic heterocycles. The number of nitrogens with zero attached hydrogens (tertiary/aromatic N) is 3. The summed E-state index contributed by atoms with van der Waals surface area (Å²) >= 11 is 0. The van der Waals surface area contributed by atoms with Crippen molar-refractivity contribution in [3.8, 4) is 17.1 Å². The van der Waals surface area contributed by atoms with E-state index in [9.17, 15) is 4.79 Å². The first-order chi connectivity index (χ1) is 14.5. The van der Waals surface area contributed by atoms with Crippen LogP contribution in [0.1, 0.15) is 32.9 Å². The van der Waals surface area contributed by atoms with Gasteiger partial charge >= 0.3 is 0 Å². The maximum Gasteiger partial charge on any atom is 0.295 e. The van der Waals surface area contributed by atoms with Gasteiger partial charge in [0, 0.05) is 11.3 Å². The first-order valence-electron chi connectivity index (χ1n) is 9.92. The Labute approximate surface area is 176 Å². The Morgan fingerprint density at radius 1 is 0.800 bits per heavy atom. The van der Waals surface area contributed by atoms with Crippen LogP contribution in [0.3, 0.4) is 0 Å². The Hall–Kier alpha value is -3.73. The molecule has 0 aliphatic rings. The van der Waals surface area contributed by atoms with Crippen LogP contribution in [0.15, 0.2) is 66.7 Å². The fraction of sp³-hybridized carbons (Fsp3) is 0.160. The standard InChI is InChI=1S/C25H24N4O/c1-16-10-8-14-21(18(16)3)26-25(30)23-27-24(20-12-6-5-7-13-20)29(28-23)22-15-9-11-17(2)19(22)4/h5-15H,1-4H3,(H,26,30). The minimum Gasteiger partial charge on any atom is -0.319 e. The SMILES string of the molecule is Cc1cccc(NC(=O)c2nc(-c3ccccc3)n(-c3cccc(C)c3C)n2)c1C. The maximum atomic E-state index is 13.0. The van der Waals surface area contributed by atoms with E-state index in [4.69, 9.17) is 0 Å². The van der Waals surface area contributed by atoms with Crippen LogP contribution in [-0.4, -0.2) is 20.7 Å². The topological polar surface area (TPSA) is 59.8 Å². The molecule has 0 saturated heterocycles. The lowest BCUT2D eigenvalue weighted by atomic mass is 10.1. The van der Waals surface area contributed by atoms with Gasteiger partial charge in [-0.15, -0.1) is 5.10 Å². The molecule has 0 saturated carbocycles. The van der Waals surface area contributed by atoms with Crippen LogP contribution in [0.25, 0.3) is 17.1 Å². The second-order valence-electron chi connectivity index (χ2n) is 7.46. The van der Waals surface area contributed by atoms with Crippen molar-refractivity contribution in [1.29, 1.82) is 0 Å². The van der Waals surface area contributed by atoms with Crippen LogP contribution in [0.4, 0.5) is 5.69 Å². The number of carbonyl (C=O) groups excluding carboxylic acids is 1. The van der Waals surface area contributed by atoms with E-state index in [0.717, 1.165) is 39.2 Å². The number of hydrogen-bond donors (Lipinski definition) is 1. The van der Waals surface area contributed by atoms with Gasteiger partial charge in [-0.25, -0.2) is 9.67 Å². The van der Waals surface area contributed by atoms with Gasteiger partial charge in [0.25, 0.3) is 5.91 Å². The van der Waals surface area contributed by atoms with Gasteiger partial charge in [0.05, 0.1) is 5.69 Å². The lowest BCUT2D eigenvalue weighted by molar-refractivity contribution is 0.101. The molecule has 1 amide bonds. The predicted octanol–water partition coefficient (Wildman–Crippen LogP) is 5.42. The van der Waals surface area contributed by atoms with Crippen LogP contribution in [0.5, 0.6) is 0 Å². The number of aryl methyl sites for hydroxylation is 2. The van der Waals surface area contributed by atoms with Gasteiger partial charge in [-0.1, -0.05) is 54.6 Å². The smallest absolute Gasteiger partial charge is 0.295 e. The summed E-state index contributed by atoms with van der Waals surface area (Å²) in [5.74, 6) is 0.441. The monoisotopic (exact) mass is 396 g/mol. The lowest BCUT2D eigenvalue weighted by Crippen LogP contribution is -2.15. The molecule has 5 nitrogen and oxygen atoms in total. The van der Waals surface area contributed by atoms with Gasteiger partial charge in [-0.2, -0.15) is 0 Å². The maximum absolute atomic E-state index is 13.0. The third-order valence-electron chi connectivity index (χ3n) is 5.50. The predicted molar refractivity (Wildman–Crippen MR) is 120 cm³/mol. The van der Waals surface area contributed by atoms with Gasteiger partial charge in [0.2, 0.25) is 5.82 Å². The van der Waals surface area contributed by atoms with Crippen molar-refractivity contribution < 1.29 is 4.79 Å². The molecule has 0 aliphatic carbocycles. The number of aromatic nitrogens is 3. The van der Waals surface area contributed by atoms with E-state index in [-0.39, 0.29) is 11.7 Å². The highest BCUT2D eigenvalue weighted by atomic mass is 16.2. The van der Waals surface area contributed by atoms with Crippen molar-refractivity contribution in [2.24, 2.45) is 0 Å². The molecule has 0 radical (unpaired) electrons. The fourth-order valence-corrected chi connectivity index (χ4v) is 3.38. The molecule has 0 spiro atoms. The zero-order valence-electron chi connectivity index (χ0n) is 17.6. The summed E-state index contributed by atoms with van der Waals surface area (Å²) in [6.07, 6.45) is 0. The Morgan fingerprint density at radius 2 is 1.47 bits per heavy atom. The molecular weight excluding hydrogens is 372 g/mol. The first-order valence-corrected chi connectivity index (χ1v) is 9.92. The van der Waals surface area contributed by atoms with Crippen molar-refractivity contribution in [3.05, 3.63) is 94.8 Å². The molecular formula is C25H24N4O. The highest BCUT2D eigenvalue weighted by Gasteiger charge is 2.20. The molecule has 0 fully saturated rings. The largest absolute Gasteiger partial charge is 0.319 e. The zero-order chi connectivity index (χ0) is 21.3. The minimum atomic E-state index is -0.329. The molecule has 0 atom stereocenters. The number of carbonyl (C=O) groups is 1. The van der Waals surface area contributed by atoms with Gasteiger partial charge in [0.1, 0.15) is 0 Å². The summed E-state index contributed by atoms with van der Waals surface area (Å²) in [4.78, 5) is 17.6. The summed E-state index contributed by atoms with van der Waals surface area (Å²) < 4.78 is 1.76. The molecule has 3 aromatic carbocycles. The van der Waals surface area contributed by atoms with E-state index in [1.165, 1.54) is 0 Å². The van der Waals surface area contributed by atoms with E-state index in [1.807, 2.05) is 74.5 Å². The van der Waals surface area contributed by atoms with Crippen LogP contribution >= 0.6 is 0 Å². The lowest BCUT2D eigenvalue weighted by Gasteiger charge is -2.11. The fourth-order valence-electron chi connectivity index (χ4n) is 3.38. The summed E-state index contributed by atoms with van der Waals surface area (Å²) in [5.41, 5.74) is 6.98. The second kappa shape index (κ2) is 7.95. The second-order valence-corrected chi connectivity index (χ2v) is 7.46. The summed E-state index contributed by atoms with van der Waals surface area (Å²) in [6.45, 7) is 8.12. The van der Waals surface area contributed by atoms with Crippen molar-refractivity contribution in [2.75, 3.05) is 5.32 Å². The molecule has 4 aromatic rings. The summed E-state index contributed by atoms with van der Waals surface area (Å²) in [7, 11) is 0. The minimum absolute atomic E-state index is 0.135. The normalized spacial score (nSPS) is 10.8. The third-order valence-corrected chi connectivity index (χ3v) is 5.50. The highest BCUT2D eigenvalue weighted by molar-refractivity contribution is 6.02. The molecule has 4 rings (SSSR count). The number of amides is 1. The van der Waals surface area contributed by atoms with E-state index in [2.05, 4.69) is 35.3 Å². The molecule has 5 heteroatoms. The Morgan fingerprint density at radius 3 is 2.20 bits per heavy atom. The van der Waals surface area contributed by atoms with E-state index >= 15 is 0 Å². The van der Waals surface area contributed by atoms with Crippen molar-refractivity contribution in [3.63, 3.8) is 0 Å². The van der Waals surface area contributed by atoms with Crippen LogP contribution in [0, 0.1) is 27.7 Å². The molecule has 0 bridgehead atoms. The summed E-state index contributed by atoms with van der Waals surface area (Å²) in [6, 6.07) is 21.7. The number of benzene rings is 3. The number of nitrogens with one attached hydrogen (secondary N) is 1. The van der Waals surface area contributed by atoms with Gasteiger partial charge in [-0.05, 0) is 62.1 Å². The van der Waals surface area contributed by atoms with Crippen molar-refractivity contribution in [1.82, 2.24) is 14.8 Å². The van der Waals surface area contributed by atoms with Crippen molar-refractivity contribution in [2.45, 2.75) is 27.7 Å². The summed E-state index contributed by atoms with van der Waals surface area (Å²) in [5, 5.41) is 7.56. The zero-order valence-corrected chi connectivity index (χ0v) is 17.6. The van der Waals surface area contributed by atoms with E-state index < -0.39 is 0 Å². The number of hydrogen-bond acceptors (Lipinski definition) is 3. The molecule has 30 heavy (non-hydrogen) atoms. The van der Waals surface area contributed by atoms with Gasteiger partial charge in [0.15, 0.2) is 5.82 Å². The Balaban J connectivity index is 1.80. The number of rotatable bonds is 4. The quantitative estimate of drug-likeness (QED) is 0.501. The van der Waals surface area contributed by atoms with Crippen molar-refractivity contribution >= 4 is 11.6 Å². The van der Waals surface area contributed by atoms with E-state index in [1.54, 1.807) is 4.68 Å². The highest BCUT2D eigenvalue weighted by Crippen LogP contribution is 2.25. The molecule has 0 aliphatic heterocycles. The van der Waals surface area contributed by atoms with Crippen LogP contribution < -0.4 is 5.32 Å². The van der Waals surface area contributed by atoms with Crippen LogP contribution in [0.2, 0.25) is 0 Å². The molecule has 1 heterocycles.